The van der Waals surface area contributed by atoms with E-state index in [9.17, 15) is 4.79 Å². The minimum absolute atomic E-state index is 0.340. The molecule has 3 saturated carbocycles. The normalized spacial score (nSPS) is 51.3. The quantitative estimate of drug-likeness (QED) is 0.684. The standard InChI is InChI=1S/C11H17NO/c1-6-5-9(6)11(13)12-10-7-3-2-4-8(7)10/h6-10H,2-5H2,1H3,(H,12,13)/t6-,7?,8?,9-,10?/m1/s1. The first kappa shape index (κ1) is 7.84. The van der Waals surface area contributed by atoms with Gasteiger partial charge in [0.25, 0.3) is 0 Å². The molecule has 0 aliphatic heterocycles. The van der Waals surface area contributed by atoms with Gasteiger partial charge in [-0.05, 0) is 37.0 Å². The fraction of sp³-hybridized carbons (Fsp3) is 0.909. The average Bonchev–Trinajstić information content (AvgIpc) is 2.92. The zero-order chi connectivity index (χ0) is 9.00. The molecule has 4 atom stereocenters. The fourth-order valence-corrected chi connectivity index (χ4v) is 2.99. The van der Waals surface area contributed by atoms with Crippen LogP contribution in [-0.4, -0.2) is 11.9 Å². The second-order valence-corrected chi connectivity index (χ2v) is 5.11. The highest BCUT2D eigenvalue weighted by Crippen LogP contribution is 2.52. The highest BCUT2D eigenvalue weighted by molar-refractivity contribution is 5.82. The van der Waals surface area contributed by atoms with E-state index in [4.69, 9.17) is 0 Å². The number of carbonyl (C=O) groups excluding carboxylic acids is 1. The third-order valence-corrected chi connectivity index (χ3v) is 4.16. The number of rotatable bonds is 2. The van der Waals surface area contributed by atoms with Crippen LogP contribution in [0.3, 0.4) is 0 Å². The van der Waals surface area contributed by atoms with Crippen molar-refractivity contribution in [2.45, 2.75) is 38.6 Å². The summed E-state index contributed by atoms with van der Waals surface area (Å²) in [6.45, 7) is 2.16. The lowest BCUT2D eigenvalue weighted by molar-refractivity contribution is -0.122. The molecule has 3 fully saturated rings. The van der Waals surface area contributed by atoms with Crippen LogP contribution in [-0.2, 0) is 4.79 Å². The smallest absolute Gasteiger partial charge is 0.223 e. The summed E-state index contributed by atoms with van der Waals surface area (Å²) in [7, 11) is 0. The summed E-state index contributed by atoms with van der Waals surface area (Å²) in [6.07, 6.45) is 5.22. The highest BCUT2D eigenvalue weighted by Gasteiger charge is 2.54. The molecule has 72 valence electrons. The van der Waals surface area contributed by atoms with Crippen LogP contribution >= 0.6 is 0 Å². The molecule has 3 aliphatic carbocycles. The number of amides is 1. The molecule has 1 N–H and O–H groups in total. The predicted molar refractivity (Wildman–Crippen MR) is 50.0 cm³/mol. The van der Waals surface area contributed by atoms with Crippen molar-refractivity contribution in [3.05, 3.63) is 0 Å². The van der Waals surface area contributed by atoms with Gasteiger partial charge in [0.2, 0.25) is 5.91 Å². The molecule has 0 aromatic heterocycles. The van der Waals surface area contributed by atoms with Crippen molar-refractivity contribution in [2.24, 2.45) is 23.7 Å². The van der Waals surface area contributed by atoms with Crippen molar-refractivity contribution in [3.8, 4) is 0 Å². The van der Waals surface area contributed by atoms with E-state index in [1.54, 1.807) is 0 Å². The first-order valence-electron chi connectivity index (χ1n) is 5.58. The fourth-order valence-electron chi connectivity index (χ4n) is 2.99. The van der Waals surface area contributed by atoms with Crippen LogP contribution in [0.25, 0.3) is 0 Å². The first-order chi connectivity index (χ1) is 6.27. The van der Waals surface area contributed by atoms with Crippen molar-refractivity contribution in [1.29, 1.82) is 0 Å². The van der Waals surface area contributed by atoms with Gasteiger partial charge in [-0.2, -0.15) is 0 Å². The molecule has 3 rings (SSSR count). The Labute approximate surface area is 79.1 Å². The molecule has 0 saturated heterocycles. The molecule has 2 nitrogen and oxygen atoms in total. The Hall–Kier alpha value is -0.530. The van der Waals surface area contributed by atoms with E-state index in [0.29, 0.717) is 23.8 Å². The number of hydrogen-bond acceptors (Lipinski definition) is 1. The van der Waals surface area contributed by atoms with Crippen molar-refractivity contribution in [2.75, 3.05) is 0 Å². The molecule has 2 unspecified atom stereocenters. The van der Waals surface area contributed by atoms with Crippen molar-refractivity contribution < 1.29 is 4.79 Å². The van der Waals surface area contributed by atoms with Gasteiger partial charge >= 0.3 is 0 Å². The molecular weight excluding hydrogens is 162 g/mol. The summed E-state index contributed by atoms with van der Waals surface area (Å²) in [5.74, 6) is 3.07. The van der Waals surface area contributed by atoms with Crippen molar-refractivity contribution >= 4 is 5.91 Å². The average molecular weight is 179 g/mol. The Morgan fingerprint density at radius 2 is 1.92 bits per heavy atom. The Bertz CT molecular complexity index is 240. The van der Waals surface area contributed by atoms with E-state index in [1.807, 2.05) is 0 Å². The lowest BCUT2D eigenvalue weighted by Crippen LogP contribution is -2.30. The largest absolute Gasteiger partial charge is 0.353 e. The molecule has 1 amide bonds. The van der Waals surface area contributed by atoms with Gasteiger partial charge in [0, 0.05) is 12.0 Å². The monoisotopic (exact) mass is 179 g/mol. The van der Waals surface area contributed by atoms with E-state index >= 15 is 0 Å². The van der Waals surface area contributed by atoms with Crippen LogP contribution in [0.2, 0.25) is 0 Å². The van der Waals surface area contributed by atoms with Crippen LogP contribution in [0.15, 0.2) is 0 Å². The van der Waals surface area contributed by atoms with Crippen molar-refractivity contribution in [1.82, 2.24) is 5.32 Å². The summed E-state index contributed by atoms with van der Waals surface area (Å²) in [6, 6.07) is 0.578. The predicted octanol–water partition coefficient (Wildman–Crippen LogP) is 1.56. The third kappa shape index (κ3) is 1.18. The summed E-state index contributed by atoms with van der Waals surface area (Å²) >= 11 is 0. The van der Waals surface area contributed by atoms with E-state index in [-0.39, 0.29) is 0 Å². The van der Waals surface area contributed by atoms with Crippen LogP contribution in [0.4, 0.5) is 0 Å². The van der Waals surface area contributed by atoms with E-state index < -0.39 is 0 Å². The highest BCUT2D eigenvalue weighted by atomic mass is 16.2. The second kappa shape index (κ2) is 2.49. The minimum Gasteiger partial charge on any atom is -0.353 e. The zero-order valence-electron chi connectivity index (χ0n) is 8.12. The third-order valence-electron chi connectivity index (χ3n) is 4.16. The molecule has 0 bridgehead atoms. The Balaban J connectivity index is 1.51. The number of fused-ring (bicyclic) bond motifs is 1. The number of hydrogen-bond donors (Lipinski definition) is 1. The molecule has 0 heterocycles. The van der Waals surface area contributed by atoms with Crippen LogP contribution < -0.4 is 5.32 Å². The number of nitrogens with one attached hydrogen (secondary N) is 1. The molecule has 13 heavy (non-hydrogen) atoms. The molecule has 3 aliphatic rings. The topological polar surface area (TPSA) is 29.1 Å². The molecule has 0 aromatic rings. The van der Waals surface area contributed by atoms with Gasteiger partial charge in [-0.1, -0.05) is 13.3 Å². The molecule has 0 radical (unpaired) electrons. The van der Waals surface area contributed by atoms with Gasteiger partial charge in [0.05, 0.1) is 0 Å². The summed E-state index contributed by atoms with van der Waals surface area (Å²) in [4.78, 5) is 11.6. The Morgan fingerprint density at radius 1 is 1.31 bits per heavy atom. The van der Waals surface area contributed by atoms with Gasteiger partial charge in [0.1, 0.15) is 0 Å². The maximum absolute atomic E-state index is 11.6. The molecular formula is C11H17NO. The van der Waals surface area contributed by atoms with Crippen LogP contribution in [0, 0.1) is 23.7 Å². The summed E-state index contributed by atoms with van der Waals surface area (Å²) in [5, 5.41) is 3.21. The lowest BCUT2D eigenvalue weighted by Gasteiger charge is -2.05. The Kier molecular flexibility index (Phi) is 1.50. The van der Waals surface area contributed by atoms with Gasteiger partial charge in [-0.15, -0.1) is 0 Å². The zero-order valence-corrected chi connectivity index (χ0v) is 8.12. The van der Waals surface area contributed by atoms with Gasteiger partial charge in [-0.25, -0.2) is 0 Å². The van der Waals surface area contributed by atoms with Crippen molar-refractivity contribution in [3.63, 3.8) is 0 Å². The van der Waals surface area contributed by atoms with E-state index in [0.717, 1.165) is 18.3 Å². The molecule has 0 spiro atoms. The van der Waals surface area contributed by atoms with E-state index in [2.05, 4.69) is 12.2 Å². The number of carbonyl (C=O) groups is 1. The van der Waals surface area contributed by atoms with Crippen LogP contribution in [0.5, 0.6) is 0 Å². The van der Waals surface area contributed by atoms with Gasteiger partial charge in [0.15, 0.2) is 0 Å². The Morgan fingerprint density at radius 3 is 2.46 bits per heavy atom. The van der Waals surface area contributed by atoms with Gasteiger partial charge in [-0.3, -0.25) is 4.79 Å². The SMILES string of the molecule is C[C@@H]1C[C@H]1C(=O)NC1C2CCCC21. The summed E-state index contributed by atoms with van der Waals surface area (Å²) < 4.78 is 0. The summed E-state index contributed by atoms with van der Waals surface area (Å²) in [5.41, 5.74) is 0. The van der Waals surface area contributed by atoms with E-state index in [1.165, 1.54) is 19.3 Å². The molecule has 0 aromatic carbocycles. The maximum Gasteiger partial charge on any atom is 0.223 e. The molecule has 2 heteroatoms. The second-order valence-electron chi connectivity index (χ2n) is 5.11. The minimum atomic E-state index is 0.340. The maximum atomic E-state index is 11.6. The van der Waals surface area contributed by atoms with Crippen LogP contribution in [0.1, 0.15) is 32.6 Å². The van der Waals surface area contributed by atoms with Gasteiger partial charge < -0.3 is 5.32 Å². The first-order valence-corrected chi connectivity index (χ1v) is 5.58. The lowest BCUT2D eigenvalue weighted by atomic mass is 10.2.